The van der Waals surface area contributed by atoms with Gasteiger partial charge in [0.1, 0.15) is 12.7 Å². The van der Waals surface area contributed by atoms with Crippen molar-refractivity contribution in [1.29, 1.82) is 0 Å². The van der Waals surface area contributed by atoms with Gasteiger partial charge in [0.25, 0.3) is 5.56 Å². The van der Waals surface area contributed by atoms with E-state index in [1.165, 1.54) is 36.2 Å². The van der Waals surface area contributed by atoms with E-state index in [9.17, 15) is 4.79 Å². The molecule has 0 bridgehead atoms. The first kappa shape index (κ1) is 17.5. The zero-order chi connectivity index (χ0) is 18.9. The second kappa shape index (κ2) is 7.46. The second-order valence-electron chi connectivity index (χ2n) is 7.56. The van der Waals surface area contributed by atoms with Crippen LogP contribution in [0.2, 0.25) is 0 Å². The van der Waals surface area contributed by atoms with Gasteiger partial charge in [-0.3, -0.25) is 4.79 Å². The van der Waals surface area contributed by atoms with Crippen molar-refractivity contribution >= 4 is 16.5 Å². The summed E-state index contributed by atoms with van der Waals surface area (Å²) in [5.74, 6) is 0.616. The summed E-state index contributed by atoms with van der Waals surface area (Å²) < 4.78 is 3.20. The molecule has 3 aromatic heterocycles. The molecule has 0 radical (unpaired) electrons. The highest BCUT2D eigenvalue weighted by Crippen LogP contribution is 2.33. The highest BCUT2D eigenvalue weighted by atomic mass is 32.1. The minimum atomic E-state index is -0.0622. The molecule has 3 aromatic rings. The minimum absolute atomic E-state index is 0.0622. The molecule has 0 atom stereocenters. The van der Waals surface area contributed by atoms with Gasteiger partial charge in [0.15, 0.2) is 10.9 Å². The maximum Gasteiger partial charge on any atom is 0.267 e. The van der Waals surface area contributed by atoms with Gasteiger partial charge < -0.3 is 5.32 Å². The van der Waals surface area contributed by atoms with Crippen molar-refractivity contribution in [2.75, 3.05) is 5.32 Å². The van der Waals surface area contributed by atoms with E-state index in [-0.39, 0.29) is 11.6 Å². The normalized spacial score (nSPS) is 22.0. The van der Waals surface area contributed by atoms with Gasteiger partial charge in [0, 0.05) is 17.0 Å². The fourth-order valence-electron chi connectivity index (χ4n) is 4.18. The van der Waals surface area contributed by atoms with E-state index in [4.69, 9.17) is 4.98 Å². The molecule has 28 heavy (non-hydrogen) atoms. The number of aryl methyl sites for hydroxylation is 2. The van der Waals surface area contributed by atoms with Gasteiger partial charge in [0.2, 0.25) is 0 Å². The average molecular weight is 398 g/mol. The number of nitrogens with one attached hydrogen (secondary N) is 1. The Kier molecular flexibility index (Phi) is 4.67. The third-order valence-corrected chi connectivity index (χ3v) is 6.77. The number of fused-ring (bicyclic) bond motifs is 1. The number of nitrogens with zero attached hydrogens (tertiary/aromatic N) is 6. The predicted octanol–water partition coefficient (Wildman–Crippen LogP) is 2.76. The zero-order valence-electron chi connectivity index (χ0n) is 15.6. The number of thiazole rings is 1. The van der Waals surface area contributed by atoms with Crippen molar-refractivity contribution in [2.24, 2.45) is 0 Å². The summed E-state index contributed by atoms with van der Waals surface area (Å²) in [7, 11) is 0. The van der Waals surface area contributed by atoms with Crippen molar-refractivity contribution in [2.45, 2.75) is 63.5 Å². The lowest BCUT2D eigenvalue weighted by Gasteiger charge is -2.29. The van der Waals surface area contributed by atoms with Gasteiger partial charge in [0.05, 0.1) is 11.7 Å². The van der Waals surface area contributed by atoms with Gasteiger partial charge in [-0.1, -0.05) is 0 Å². The van der Waals surface area contributed by atoms with E-state index in [1.54, 1.807) is 27.8 Å². The molecular formula is C19H23N7OS. The van der Waals surface area contributed by atoms with E-state index >= 15 is 0 Å². The molecule has 8 nitrogen and oxygen atoms in total. The molecule has 0 unspecified atom stereocenters. The first-order valence-electron chi connectivity index (χ1n) is 9.96. The van der Waals surface area contributed by atoms with E-state index in [2.05, 4.69) is 20.5 Å². The van der Waals surface area contributed by atoms with Crippen LogP contribution in [0.5, 0.6) is 0 Å². The molecule has 2 aliphatic carbocycles. The molecule has 1 saturated carbocycles. The highest BCUT2D eigenvalue weighted by molar-refractivity contribution is 7.15. The molecule has 2 aliphatic rings. The Labute approximate surface area is 166 Å². The predicted molar refractivity (Wildman–Crippen MR) is 107 cm³/mol. The molecule has 9 heteroatoms. The average Bonchev–Trinajstić information content (AvgIpc) is 3.38. The molecule has 0 amide bonds. The number of aromatic nitrogens is 6. The van der Waals surface area contributed by atoms with Crippen molar-refractivity contribution in [3.8, 4) is 5.82 Å². The van der Waals surface area contributed by atoms with E-state index in [0.29, 0.717) is 11.9 Å². The Hall–Kier alpha value is -2.55. The second-order valence-corrected chi connectivity index (χ2v) is 8.64. The number of rotatable bonds is 4. The molecule has 146 valence electrons. The van der Waals surface area contributed by atoms with Crippen molar-refractivity contribution in [1.82, 2.24) is 29.5 Å². The Balaban J connectivity index is 1.25. The molecule has 1 N–H and O–H groups in total. The van der Waals surface area contributed by atoms with Crippen LogP contribution < -0.4 is 10.9 Å². The van der Waals surface area contributed by atoms with Gasteiger partial charge in [-0.15, -0.1) is 16.4 Å². The van der Waals surface area contributed by atoms with Crippen LogP contribution in [0.25, 0.3) is 5.82 Å². The van der Waals surface area contributed by atoms with Gasteiger partial charge in [-0.25, -0.2) is 19.3 Å². The zero-order valence-corrected chi connectivity index (χ0v) is 16.4. The molecule has 0 spiro atoms. The van der Waals surface area contributed by atoms with Gasteiger partial charge in [-0.2, -0.15) is 5.10 Å². The maximum absolute atomic E-state index is 12.4. The van der Waals surface area contributed by atoms with Crippen LogP contribution in [0.3, 0.4) is 0 Å². The number of hydrogen-bond donors (Lipinski definition) is 1. The molecule has 3 heterocycles. The number of hydrogen-bond acceptors (Lipinski definition) is 7. The van der Waals surface area contributed by atoms with E-state index in [1.807, 2.05) is 11.3 Å². The molecule has 1 fully saturated rings. The summed E-state index contributed by atoms with van der Waals surface area (Å²) in [5.41, 5.74) is 1.24. The van der Waals surface area contributed by atoms with Crippen molar-refractivity contribution in [3.63, 3.8) is 0 Å². The molecule has 0 aliphatic heterocycles. The monoisotopic (exact) mass is 397 g/mol. The Morgan fingerprint density at radius 2 is 1.96 bits per heavy atom. The van der Waals surface area contributed by atoms with Crippen LogP contribution in [0, 0.1) is 0 Å². The Morgan fingerprint density at radius 1 is 1.11 bits per heavy atom. The standard InChI is InChI=1S/C19H23N7OS/c27-18-10-9-17(25-12-20-11-21-25)24-26(18)14-7-5-13(6-8-14)22-19-23-15-3-1-2-4-16(15)28-19/h9-14H,1-8H2,(H,22,23). The smallest absolute Gasteiger partial charge is 0.267 e. The van der Waals surface area contributed by atoms with E-state index < -0.39 is 0 Å². The maximum atomic E-state index is 12.4. The largest absolute Gasteiger partial charge is 0.359 e. The fraction of sp³-hybridized carbons (Fsp3) is 0.526. The molecule has 5 rings (SSSR count). The summed E-state index contributed by atoms with van der Waals surface area (Å²) in [6.07, 6.45) is 11.8. The van der Waals surface area contributed by atoms with Crippen molar-refractivity contribution in [3.05, 3.63) is 45.7 Å². The van der Waals surface area contributed by atoms with Crippen molar-refractivity contribution < 1.29 is 0 Å². The molecule has 0 saturated heterocycles. The summed E-state index contributed by atoms with van der Waals surface area (Å²) in [4.78, 5) is 22.6. The summed E-state index contributed by atoms with van der Waals surface area (Å²) >= 11 is 1.82. The topological polar surface area (TPSA) is 90.5 Å². The quantitative estimate of drug-likeness (QED) is 0.728. The van der Waals surface area contributed by atoms with Crippen LogP contribution in [0.1, 0.15) is 55.1 Å². The molecular weight excluding hydrogens is 374 g/mol. The lowest BCUT2D eigenvalue weighted by molar-refractivity contribution is 0.303. The lowest BCUT2D eigenvalue weighted by atomic mass is 9.91. The third kappa shape index (κ3) is 3.46. The van der Waals surface area contributed by atoms with Gasteiger partial charge >= 0.3 is 0 Å². The lowest BCUT2D eigenvalue weighted by Crippen LogP contribution is -2.33. The Bertz CT molecular complexity index is 978. The molecule has 0 aromatic carbocycles. The fourth-order valence-corrected chi connectivity index (χ4v) is 5.31. The first-order chi connectivity index (χ1) is 13.8. The third-order valence-electron chi connectivity index (χ3n) is 5.68. The van der Waals surface area contributed by atoms with Crippen LogP contribution in [-0.4, -0.2) is 35.6 Å². The Morgan fingerprint density at radius 3 is 2.75 bits per heavy atom. The summed E-state index contributed by atoms with van der Waals surface area (Å²) in [5, 5.41) is 13.3. The number of anilines is 1. The SMILES string of the molecule is O=c1ccc(-n2cncn2)nn1C1CCC(Nc2nc3c(s2)CCCC3)CC1. The van der Waals surface area contributed by atoms with Crippen LogP contribution in [0.4, 0.5) is 5.13 Å². The highest BCUT2D eigenvalue weighted by Gasteiger charge is 2.25. The van der Waals surface area contributed by atoms with E-state index in [0.717, 1.165) is 37.2 Å². The minimum Gasteiger partial charge on any atom is -0.359 e. The first-order valence-corrected chi connectivity index (χ1v) is 10.8. The van der Waals surface area contributed by atoms with Crippen LogP contribution in [-0.2, 0) is 12.8 Å². The summed E-state index contributed by atoms with van der Waals surface area (Å²) in [6, 6.07) is 3.79. The summed E-state index contributed by atoms with van der Waals surface area (Å²) in [6.45, 7) is 0. The van der Waals surface area contributed by atoms with Crippen LogP contribution in [0.15, 0.2) is 29.6 Å². The van der Waals surface area contributed by atoms with Gasteiger partial charge in [-0.05, 0) is 57.4 Å². The van der Waals surface area contributed by atoms with Crippen LogP contribution >= 0.6 is 11.3 Å².